The molecule has 0 bridgehead atoms. The van der Waals surface area contributed by atoms with Gasteiger partial charge in [0.1, 0.15) is 5.75 Å². The Labute approximate surface area is 78.1 Å². The van der Waals surface area contributed by atoms with Crippen molar-refractivity contribution in [3.05, 3.63) is 29.3 Å². The van der Waals surface area contributed by atoms with Crippen LogP contribution in [0.1, 0.15) is 0 Å². The van der Waals surface area contributed by atoms with Gasteiger partial charge in [-0.1, -0.05) is 23.7 Å². The first-order valence-electron chi connectivity index (χ1n) is 3.35. The summed E-state index contributed by atoms with van der Waals surface area (Å²) in [5, 5.41) is 0.0479. The number of rotatable bonds is 2. The van der Waals surface area contributed by atoms with E-state index in [1.165, 1.54) is 18.2 Å². The van der Waals surface area contributed by atoms with Crippen LogP contribution in [-0.2, 0) is 0 Å². The molecule has 5 heteroatoms. The molecular weight excluding hydrogens is 205 g/mol. The molecule has 0 N–H and O–H groups in total. The van der Waals surface area contributed by atoms with E-state index in [4.69, 9.17) is 11.6 Å². The Morgan fingerprint density at radius 2 is 2.15 bits per heavy atom. The molecule has 0 saturated carbocycles. The second-order valence-corrected chi connectivity index (χ2v) is 2.63. The number of hydrogen-bond acceptors (Lipinski definition) is 1. The van der Waals surface area contributed by atoms with E-state index in [-0.39, 0.29) is 10.8 Å². The number of hydrogen-bond donors (Lipinski definition) is 0. The third kappa shape index (κ3) is 3.55. The lowest BCUT2D eigenvalue weighted by Crippen LogP contribution is -2.19. The Morgan fingerprint density at radius 1 is 1.46 bits per heavy atom. The number of ether oxygens (including phenoxy) is 1. The van der Waals surface area contributed by atoms with E-state index >= 15 is 0 Å². The molecular formula is C8H5ClF3O. The third-order valence-corrected chi connectivity index (χ3v) is 1.46. The molecule has 0 aliphatic carbocycles. The molecule has 0 aliphatic rings. The average molecular weight is 210 g/mol. The lowest BCUT2D eigenvalue weighted by atomic mass is 10.3. The topological polar surface area (TPSA) is 9.23 Å². The highest BCUT2D eigenvalue weighted by Crippen LogP contribution is 2.25. The molecule has 0 amide bonds. The fourth-order valence-electron chi connectivity index (χ4n) is 0.672. The van der Waals surface area contributed by atoms with Gasteiger partial charge in [0.2, 0.25) is 0 Å². The van der Waals surface area contributed by atoms with Gasteiger partial charge in [0.25, 0.3) is 0 Å². The first kappa shape index (κ1) is 10.2. The third-order valence-electron chi connectivity index (χ3n) is 1.16. The lowest BCUT2D eigenvalue weighted by Gasteiger charge is -2.09. The van der Waals surface area contributed by atoms with Crippen LogP contribution in [0.5, 0.6) is 5.75 Å². The van der Waals surface area contributed by atoms with Crippen molar-refractivity contribution < 1.29 is 17.9 Å². The summed E-state index contributed by atoms with van der Waals surface area (Å²) in [7, 11) is 0. The zero-order chi connectivity index (χ0) is 9.90. The van der Waals surface area contributed by atoms with E-state index in [1.54, 1.807) is 0 Å². The molecule has 13 heavy (non-hydrogen) atoms. The first-order chi connectivity index (χ1) is 5.99. The highest BCUT2D eigenvalue weighted by Gasteiger charge is 2.28. The maximum absolute atomic E-state index is 11.7. The van der Waals surface area contributed by atoms with Crippen molar-refractivity contribution in [2.75, 3.05) is 6.61 Å². The molecule has 0 spiro atoms. The van der Waals surface area contributed by atoms with Crippen LogP contribution >= 0.6 is 11.6 Å². The number of alkyl halides is 3. The molecule has 0 atom stereocenters. The fourth-order valence-corrected chi connectivity index (χ4v) is 0.853. The minimum absolute atomic E-state index is 0.0125. The average Bonchev–Trinajstić information content (AvgIpc) is 2.01. The Morgan fingerprint density at radius 3 is 2.69 bits per heavy atom. The van der Waals surface area contributed by atoms with Gasteiger partial charge in [-0.15, -0.1) is 0 Å². The van der Waals surface area contributed by atoms with Gasteiger partial charge >= 0.3 is 6.18 Å². The fraction of sp³-hybridized carbons (Fsp3) is 0.250. The second-order valence-electron chi connectivity index (χ2n) is 2.25. The molecule has 0 heterocycles. The molecule has 1 rings (SSSR count). The summed E-state index contributed by atoms with van der Waals surface area (Å²) < 4.78 is 39.5. The van der Waals surface area contributed by atoms with Crippen molar-refractivity contribution >= 4 is 11.6 Å². The molecule has 1 radical (unpaired) electrons. The standard InChI is InChI=1S/C8H5ClF3O/c9-6-3-1-2-4-7(6)13-5-8(10,11)12/h1-2,4H,5H2. The Hall–Kier alpha value is -0.900. The quantitative estimate of drug-likeness (QED) is 0.727. The lowest BCUT2D eigenvalue weighted by molar-refractivity contribution is -0.153. The monoisotopic (exact) mass is 209 g/mol. The van der Waals surface area contributed by atoms with E-state index in [1.807, 2.05) is 0 Å². The van der Waals surface area contributed by atoms with Crippen LogP contribution in [0, 0.1) is 6.07 Å². The Kier molecular flexibility index (Phi) is 3.03. The van der Waals surface area contributed by atoms with Crippen molar-refractivity contribution in [3.8, 4) is 5.75 Å². The van der Waals surface area contributed by atoms with Gasteiger partial charge in [0.15, 0.2) is 6.61 Å². The number of benzene rings is 1. The molecule has 71 valence electrons. The molecule has 0 saturated heterocycles. The van der Waals surface area contributed by atoms with E-state index in [0.717, 1.165) is 0 Å². The maximum atomic E-state index is 11.7. The van der Waals surface area contributed by atoms with E-state index in [0.29, 0.717) is 0 Å². The van der Waals surface area contributed by atoms with E-state index in [9.17, 15) is 13.2 Å². The van der Waals surface area contributed by atoms with E-state index < -0.39 is 12.8 Å². The zero-order valence-corrected chi connectivity index (χ0v) is 7.12. The second kappa shape index (κ2) is 3.87. The number of halogens is 4. The molecule has 0 aliphatic heterocycles. The summed E-state index contributed by atoms with van der Waals surface area (Å²) in [4.78, 5) is 0. The van der Waals surface area contributed by atoms with Gasteiger partial charge in [-0.25, -0.2) is 0 Å². The molecule has 1 aromatic rings. The van der Waals surface area contributed by atoms with Gasteiger partial charge in [-0.3, -0.25) is 0 Å². The summed E-state index contributed by atoms with van der Waals surface area (Å²) in [6.45, 7) is -1.34. The van der Waals surface area contributed by atoms with Crippen molar-refractivity contribution in [2.24, 2.45) is 0 Å². The van der Waals surface area contributed by atoms with Crippen LogP contribution < -0.4 is 4.74 Å². The van der Waals surface area contributed by atoms with E-state index in [2.05, 4.69) is 10.8 Å². The van der Waals surface area contributed by atoms with Crippen molar-refractivity contribution in [2.45, 2.75) is 6.18 Å². The minimum atomic E-state index is -4.35. The molecule has 1 aromatic carbocycles. The Bertz CT molecular complexity index is 285. The summed E-state index contributed by atoms with van der Waals surface area (Å²) >= 11 is 5.51. The van der Waals surface area contributed by atoms with Gasteiger partial charge in [0, 0.05) is 6.07 Å². The largest absolute Gasteiger partial charge is 0.483 e. The van der Waals surface area contributed by atoms with Crippen LogP contribution in [-0.4, -0.2) is 12.8 Å². The zero-order valence-electron chi connectivity index (χ0n) is 6.36. The first-order valence-corrected chi connectivity index (χ1v) is 3.72. The highest BCUT2D eigenvalue weighted by atomic mass is 35.5. The predicted molar refractivity (Wildman–Crippen MR) is 41.8 cm³/mol. The van der Waals surface area contributed by atoms with Crippen molar-refractivity contribution in [1.82, 2.24) is 0 Å². The highest BCUT2D eigenvalue weighted by molar-refractivity contribution is 6.31. The summed E-state index contributed by atoms with van der Waals surface area (Å²) in [6.07, 6.45) is -4.35. The SMILES string of the molecule is FC(F)(F)COc1ccc[c]c1Cl. The van der Waals surface area contributed by atoms with Crippen LogP contribution in [0.2, 0.25) is 5.02 Å². The van der Waals surface area contributed by atoms with Gasteiger partial charge in [-0.05, 0) is 6.07 Å². The normalized spacial score (nSPS) is 11.4. The van der Waals surface area contributed by atoms with Gasteiger partial charge in [0.05, 0.1) is 5.02 Å². The molecule has 0 unspecified atom stereocenters. The molecule has 0 fully saturated rings. The van der Waals surface area contributed by atoms with Crippen molar-refractivity contribution in [3.63, 3.8) is 0 Å². The van der Waals surface area contributed by atoms with Crippen LogP contribution in [0.25, 0.3) is 0 Å². The Balaban J connectivity index is 2.60. The molecule has 0 aromatic heterocycles. The summed E-state index contributed by atoms with van der Waals surface area (Å²) in [5.41, 5.74) is 0. The maximum Gasteiger partial charge on any atom is 0.422 e. The molecule has 1 nitrogen and oxygen atoms in total. The van der Waals surface area contributed by atoms with Crippen LogP contribution in [0.4, 0.5) is 13.2 Å². The van der Waals surface area contributed by atoms with Gasteiger partial charge < -0.3 is 4.74 Å². The smallest absolute Gasteiger partial charge is 0.422 e. The van der Waals surface area contributed by atoms with Crippen LogP contribution in [0.15, 0.2) is 18.2 Å². The van der Waals surface area contributed by atoms with Gasteiger partial charge in [-0.2, -0.15) is 13.2 Å². The summed E-state index contributed by atoms with van der Waals surface area (Å²) in [6, 6.07) is 6.85. The summed E-state index contributed by atoms with van der Waals surface area (Å²) in [5.74, 6) is -0.0125. The minimum Gasteiger partial charge on any atom is -0.483 e. The van der Waals surface area contributed by atoms with Crippen LogP contribution in [0.3, 0.4) is 0 Å². The predicted octanol–water partition coefficient (Wildman–Crippen LogP) is 3.08. The van der Waals surface area contributed by atoms with Crippen molar-refractivity contribution in [1.29, 1.82) is 0 Å².